The maximum absolute atomic E-state index is 12.7. The van der Waals surface area contributed by atoms with Gasteiger partial charge in [-0.2, -0.15) is 0 Å². The lowest BCUT2D eigenvalue weighted by Crippen LogP contribution is -2.17. The molecule has 12 aromatic rings. The zero-order chi connectivity index (χ0) is 57.1. The second kappa shape index (κ2) is 17.7. The molecule has 0 bridgehead atoms. The van der Waals surface area contributed by atoms with Crippen molar-refractivity contribution in [1.82, 2.24) is 23.5 Å². The fourth-order valence-corrected chi connectivity index (χ4v) is 12.0. The van der Waals surface area contributed by atoms with E-state index >= 15 is 0 Å². The summed E-state index contributed by atoms with van der Waals surface area (Å²) in [5, 5.41) is 17.1. The predicted molar refractivity (Wildman–Crippen MR) is 322 cm³/mol. The third kappa shape index (κ3) is 7.49. The van der Waals surface area contributed by atoms with Crippen LogP contribution in [-0.4, -0.2) is 28.6 Å². The van der Waals surface area contributed by atoms with Gasteiger partial charge in [0.15, 0.2) is 0 Å². The molecule has 0 amide bonds. The highest BCUT2D eigenvalue weighted by Gasteiger charge is 2.32. The first-order valence-electron chi connectivity index (χ1n) is 28.8. The second-order valence-corrected chi connectivity index (χ2v) is 24.0. The van der Waals surface area contributed by atoms with Crippen LogP contribution in [0.3, 0.4) is 0 Å². The Morgan fingerprint density at radius 2 is 0.987 bits per heavy atom. The molecule has 0 aliphatic rings. The summed E-state index contributed by atoms with van der Waals surface area (Å²) in [6.07, 6.45) is 0. The number of hydrogen-bond acceptors (Lipinski definition) is 3. The molecule has 76 heavy (non-hydrogen) atoms. The maximum Gasteiger partial charge on any atom is 0.149 e. The van der Waals surface area contributed by atoms with Gasteiger partial charge >= 0.3 is 0 Å². The zero-order valence-corrected chi connectivity index (χ0v) is 46.5. The molecular formula is C70H71N5O. The van der Waals surface area contributed by atoms with Crippen LogP contribution in [0.15, 0.2) is 146 Å². The van der Waals surface area contributed by atoms with Gasteiger partial charge in [0.05, 0.1) is 55.6 Å². The van der Waals surface area contributed by atoms with E-state index in [1.165, 1.54) is 0 Å². The van der Waals surface area contributed by atoms with Crippen LogP contribution in [0.4, 0.5) is 0 Å². The normalized spacial score (nSPS) is 14.2. The molecule has 0 radical (unpaired) electrons. The summed E-state index contributed by atoms with van der Waals surface area (Å²) in [6.45, 7) is 28.1. The van der Waals surface area contributed by atoms with E-state index in [1.807, 2.05) is 97.9 Å². The van der Waals surface area contributed by atoms with Crippen LogP contribution in [0.25, 0.3) is 105 Å². The molecule has 0 aliphatic carbocycles. The molecule has 8 aromatic carbocycles. The number of aromatic nitrogens is 5. The lowest BCUT2D eigenvalue weighted by molar-refractivity contribution is 0.446. The van der Waals surface area contributed by atoms with Gasteiger partial charge in [0, 0.05) is 43.7 Å². The smallest absolute Gasteiger partial charge is 0.149 e. The minimum absolute atomic E-state index is 0.147. The van der Waals surface area contributed by atoms with Gasteiger partial charge in [-0.25, -0.2) is 9.97 Å². The van der Waals surface area contributed by atoms with Crippen molar-refractivity contribution in [3.05, 3.63) is 179 Å². The van der Waals surface area contributed by atoms with Gasteiger partial charge in [0.1, 0.15) is 17.4 Å². The number of nitrogens with zero attached hydrogens (tertiary/aromatic N) is 5. The van der Waals surface area contributed by atoms with Gasteiger partial charge in [0.25, 0.3) is 0 Å². The summed E-state index contributed by atoms with van der Waals surface area (Å²) in [7, 11) is 0. The number of imidazole rings is 2. The number of benzene rings is 8. The standard InChI is InChI=1S/C70H71N5O/c1-39(2)46-27-20-28-47(40(3)4)62(46)74-59-34-22-31-50(61(59)72-68(74)54-36-45(69(9,10)11)37-55(66(54)76)70(12,13)14)43-23-19-24-44(35-43)67-71-56-38-53-51-25-15-17-32-57(51)73-58-33-18-16-26-52(58)60(64(53)73)65(56)75(67)63-48(41(5)6)29-21-30-49(63)42(7)8/h15-42,76H,1-14H3/i39D,40D,41D,42D. The molecule has 382 valence electrons. The third-order valence-corrected chi connectivity index (χ3v) is 15.8. The monoisotopic (exact) mass is 1000 g/mol. The van der Waals surface area contributed by atoms with Crippen molar-refractivity contribution >= 4 is 60.2 Å². The van der Waals surface area contributed by atoms with E-state index in [1.54, 1.807) is 0 Å². The Bertz CT molecular complexity index is 4430. The number of para-hydroxylation sites is 5. The van der Waals surface area contributed by atoms with Crippen LogP contribution >= 0.6 is 0 Å². The van der Waals surface area contributed by atoms with Gasteiger partial charge in [-0.3, -0.25) is 9.13 Å². The molecule has 0 atom stereocenters. The molecule has 0 saturated heterocycles. The molecule has 6 heteroatoms. The Labute approximate surface area is 453 Å². The Kier molecular flexibility index (Phi) is 10.4. The van der Waals surface area contributed by atoms with Crippen LogP contribution in [0.2, 0.25) is 0 Å². The molecule has 0 aliphatic heterocycles. The molecule has 4 heterocycles. The van der Waals surface area contributed by atoms with Gasteiger partial charge in [-0.15, -0.1) is 0 Å². The summed E-state index contributed by atoms with van der Waals surface area (Å²) in [5.41, 5.74) is 15.3. The van der Waals surface area contributed by atoms with E-state index in [9.17, 15) is 10.6 Å². The molecule has 0 fully saturated rings. The zero-order valence-electron chi connectivity index (χ0n) is 50.5. The Morgan fingerprint density at radius 1 is 0.461 bits per heavy atom. The summed E-state index contributed by atoms with van der Waals surface area (Å²) in [4.78, 5) is 11.4. The van der Waals surface area contributed by atoms with Crippen molar-refractivity contribution in [3.63, 3.8) is 0 Å². The summed E-state index contributed by atoms with van der Waals surface area (Å²) >= 11 is 0. The van der Waals surface area contributed by atoms with Crippen LogP contribution in [0.5, 0.6) is 5.75 Å². The van der Waals surface area contributed by atoms with E-state index in [4.69, 9.17) is 9.97 Å². The van der Waals surface area contributed by atoms with Crippen molar-refractivity contribution in [2.24, 2.45) is 0 Å². The number of aromatic hydroxyl groups is 1. The summed E-state index contributed by atoms with van der Waals surface area (Å²) in [6, 6.07) is 50.3. The average molecular weight is 1000 g/mol. The topological polar surface area (TPSA) is 60.3 Å². The second-order valence-electron chi connectivity index (χ2n) is 24.0. The summed E-state index contributed by atoms with van der Waals surface area (Å²) < 4.78 is 45.5. The lowest BCUT2D eigenvalue weighted by Gasteiger charge is -2.28. The number of hydrogen-bond donors (Lipinski definition) is 1. The van der Waals surface area contributed by atoms with Crippen molar-refractivity contribution in [3.8, 4) is 51.0 Å². The molecule has 0 spiro atoms. The number of phenolic OH excluding ortho intramolecular Hbond substituents is 1. The van der Waals surface area contributed by atoms with Gasteiger partial charge < -0.3 is 9.51 Å². The average Bonchev–Trinajstić information content (AvgIpc) is 4.35. The minimum atomic E-state index is -1.08. The van der Waals surface area contributed by atoms with Gasteiger partial charge in [-0.1, -0.05) is 206 Å². The van der Waals surface area contributed by atoms with Gasteiger partial charge in [0.2, 0.25) is 0 Å². The van der Waals surface area contributed by atoms with Crippen LogP contribution in [0, 0.1) is 0 Å². The summed E-state index contributed by atoms with van der Waals surface area (Å²) in [5.74, 6) is -2.95. The first-order valence-corrected chi connectivity index (χ1v) is 26.8. The number of phenols is 1. The van der Waals surface area contributed by atoms with Crippen molar-refractivity contribution in [2.45, 2.75) is 131 Å². The highest BCUT2D eigenvalue weighted by Crippen LogP contribution is 2.49. The van der Waals surface area contributed by atoms with E-state index in [-0.39, 0.29) is 11.2 Å². The molecule has 0 unspecified atom stereocenters. The van der Waals surface area contributed by atoms with Crippen molar-refractivity contribution < 1.29 is 10.6 Å². The predicted octanol–water partition coefficient (Wildman–Crippen LogP) is 19.3. The van der Waals surface area contributed by atoms with Crippen molar-refractivity contribution in [1.29, 1.82) is 0 Å². The van der Waals surface area contributed by atoms with E-state index in [2.05, 4.69) is 158 Å². The minimum Gasteiger partial charge on any atom is -0.507 e. The Hall–Kier alpha value is -7.70. The SMILES string of the molecule is [2H]C(C)(C)c1cccc(C([2H])(C)C)c1-n1c(-c2cc(C(C)(C)C)cc(C(C)(C)C)c2O)nc2c(-c3cccc(-c4nc5cc6c7ccccc7n7c8ccccc8c(c5n4-c4c(C([2H])(C)C)cccc4C([2H])(C)C)c67)c3)cccc21. The molecule has 12 rings (SSSR count). The molecule has 1 N–H and O–H groups in total. The highest BCUT2D eigenvalue weighted by molar-refractivity contribution is 6.30. The molecule has 6 nitrogen and oxygen atoms in total. The van der Waals surface area contributed by atoms with Crippen LogP contribution in [-0.2, 0) is 10.8 Å². The Balaban J connectivity index is 1.20. The van der Waals surface area contributed by atoms with E-state index < -0.39 is 29.0 Å². The number of rotatable bonds is 9. The van der Waals surface area contributed by atoms with Gasteiger partial charge in [-0.05, 0) is 104 Å². The van der Waals surface area contributed by atoms with E-state index in [0.29, 0.717) is 28.4 Å². The highest BCUT2D eigenvalue weighted by atomic mass is 16.3. The molecule has 0 saturated carbocycles. The fraction of sp³-hybridized carbons (Fsp3) is 0.286. The van der Waals surface area contributed by atoms with E-state index in [0.717, 1.165) is 110 Å². The lowest BCUT2D eigenvalue weighted by atomic mass is 9.79. The maximum atomic E-state index is 12.7. The molecule has 4 aromatic heterocycles. The van der Waals surface area contributed by atoms with Crippen LogP contribution < -0.4 is 0 Å². The quantitative estimate of drug-likeness (QED) is 0.157. The van der Waals surface area contributed by atoms with Crippen LogP contribution in [0.1, 0.15) is 159 Å². The fourth-order valence-electron chi connectivity index (χ4n) is 12.0. The van der Waals surface area contributed by atoms with Crippen molar-refractivity contribution in [2.75, 3.05) is 0 Å². The molecular weight excluding hydrogens is 927 g/mol. The Morgan fingerprint density at radius 3 is 1.58 bits per heavy atom. The third-order valence-electron chi connectivity index (χ3n) is 15.8. The first kappa shape index (κ1) is 44.6. The first-order chi connectivity index (χ1) is 37.4. The number of fused-ring (bicyclic) bond motifs is 9. The largest absolute Gasteiger partial charge is 0.507 e.